The third-order valence-corrected chi connectivity index (χ3v) is 6.91. The smallest absolute Gasteiger partial charge is 0.0607 e. The van der Waals surface area contributed by atoms with E-state index in [4.69, 9.17) is 69.6 Å². The maximum absolute atomic E-state index is 6.12. The normalized spacial score (nSPS) is 11.0. The van der Waals surface area contributed by atoms with Crippen molar-refractivity contribution >= 4 is 93.1 Å². The molecule has 21 heavy (non-hydrogen) atoms. The van der Waals surface area contributed by atoms with E-state index in [1.807, 2.05) is 0 Å². The standard InChI is InChI=1S/C13H6Cl6S2/c14-6-1-10(18)12(3-8(6)16)20-5-21-13-4-9(17)7(15)2-11(13)19/h1-4H,5H2. The summed E-state index contributed by atoms with van der Waals surface area (Å²) < 4.78 is 0. The largest absolute Gasteiger partial charge is 0.113 e. The Morgan fingerprint density at radius 3 is 1.24 bits per heavy atom. The molecule has 0 radical (unpaired) electrons. The van der Waals surface area contributed by atoms with Gasteiger partial charge in [-0.3, -0.25) is 0 Å². The third-order valence-electron chi connectivity index (χ3n) is 2.38. The molecule has 2 rings (SSSR count). The van der Waals surface area contributed by atoms with Gasteiger partial charge >= 0.3 is 0 Å². The van der Waals surface area contributed by atoms with Crippen LogP contribution in [-0.2, 0) is 0 Å². The molecule has 8 heteroatoms. The fourth-order valence-corrected chi connectivity index (χ4v) is 4.98. The van der Waals surface area contributed by atoms with Gasteiger partial charge in [-0.05, 0) is 24.3 Å². The Bertz CT molecular complexity index is 617. The van der Waals surface area contributed by atoms with Crippen molar-refractivity contribution in [3.63, 3.8) is 0 Å². The molecule has 0 aliphatic rings. The Hall–Kier alpha value is 0.880. The van der Waals surface area contributed by atoms with E-state index in [0.717, 1.165) is 9.79 Å². The van der Waals surface area contributed by atoms with Gasteiger partial charge in [0.15, 0.2) is 0 Å². The molecule has 0 aliphatic heterocycles. The number of hydrogen-bond acceptors (Lipinski definition) is 2. The number of rotatable bonds is 4. The molecule has 0 heterocycles. The van der Waals surface area contributed by atoms with Crippen LogP contribution in [0.1, 0.15) is 0 Å². The molecule has 0 saturated carbocycles. The Balaban J connectivity index is 2.05. The van der Waals surface area contributed by atoms with Crippen LogP contribution in [0.4, 0.5) is 0 Å². The zero-order chi connectivity index (χ0) is 15.6. The van der Waals surface area contributed by atoms with Gasteiger partial charge in [0, 0.05) is 14.9 Å². The summed E-state index contributed by atoms with van der Waals surface area (Å²) >= 11 is 39.1. The lowest BCUT2D eigenvalue weighted by atomic mass is 10.4. The molecule has 0 bridgehead atoms. The van der Waals surface area contributed by atoms with Crippen molar-refractivity contribution in [2.24, 2.45) is 0 Å². The molecule has 0 aromatic heterocycles. The summed E-state index contributed by atoms with van der Waals surface area (Å²) in [4.78, 5) is 1.71. The maximum Gasteiger partial charge on any atom is 0.0607 e. The monoisotopic (exact) mass is 436 g/mol. The fourth-order valence-electron chi connectivity index (χ4n) is 1.39. The van der Waals surface area contributed by atoms with E-state index in [2.05, 4.69) is 0 Å². The van der Waals surface area contributed by atoms with Crippen molar-refractivity contribution in [3.05, 3.63) is 54.4 Å². The fraction of sp³-hybridized carbons (Fsp3) is 0.0769. The molecule has 0 saturated heterocycles. The molecule has 0 nitrogen and oxygen atoms in total. The number of thioether (sulfide) groups is 2. The second-order valence-electron chi connectivity index (χ2n) is 3.80. The van der Waals surface area contributed by atoms with Crippen LogP contribution in [0.15, 0.2) is 34.1 Å². The van der Waals surface area contributed by atoms with Gasteiger partial charge in [-0.25, -0.2) is 0 Å². The van der Waals surface area contributed by atoms with E-state index in [9.17, 15) is 0 Å². The van der Waals surface area contributed by atoms with Crippen molar-refractivity contribution in [1.29, 1.82) is 0 Å². The van der Waals surface area contributed by atoms with E-state index in [-0.39, 0.29) is 0 Å². The maximum atomic E-state index is 6.12. The second kappa shape index (κ2) is 8.12. The van der Waals surface area contributed by atoms with Crippen molar-refractivity contribution in [2.45, 2.75) is 9.79 Å². The third kappa shape index (κ3) is 4.92. The van der Waals surface area contributed by atoms with Crippen LogP contribution in [0.5, 0.6) is 0 Å². The van der Waals surface area contributed by atoms with Crippen LogP contribution in [0.25, 0.3) is 0 Å². The van der Waals surface area contributed by atoms with Gasteiger partial charge in [0.05, 0.1) is 30.1 Å². The zero-order valence-electron chi connectivity index (χ0n) is 10.1. The average molecular weight is 439 g/mol. The van der Waals surface area contributed by atoms with Crippen molar-refractivity contribution in [1.82, 2.24) is 0 Å². The van der Waals surface area contributed by atoms with E-state index < -0.39 is 0 Å². The van der Waals surface area contributed by atoms with Crippen LogP contribution in [0, 0.1) is 0 Å². The van der Waals surface area contributed by atoms with Crippen LogP contribution in [0.2, 0.25) is 30.1 Å². The van der Waals surface area contributed by atoms with E-state index >= 15 is 0 Å². The van der Waals surface area contributed by atoms with Gasteiger partial charge in [0.1, 0.15) is 0 Å². The minimum atomic E-state index is 0.436. The highest BCUT2D eigenvalue weighted by atomic mass is 35.5. The molecular formula is C13H6Cl6S2. The topological polar surface area (TPSA) is 0 Å². The summed E-state index contributed by atoms with van der Waals surface area (Å²) in [5.74, 6) is 0. The van der Waals surface area contributed by atoms with Crippen LogP contribution < -0.4 is 0 Å². The second-order valence-corrected chi connectivity index (χ2v) is 8.64. The molecule has 112 valence electrons. The molecule has 0 spiro atoms. The van der Waals surface area contributed by atoms with Crippen LogP contribution in [-0.4, -0.2) is 5.08 Å². The minimum Gasteiger partial charge on any atom is -0.113 e. The van der Waals surface area contributed by atoms with Gasteiger partial charge < -0.3 is 0 Å². The molecule has 0 N–H and O–H groups in total. The van der Waals surface area contributed by atoms with E-state index in [1.54, 1.807) is 24.3 Å². The number of halogens is 6. The Kier molecular flexibility index (Phi) is 7.05. The Labute approximate surface area is 161 Å². The number of hydrogen-bond donors (Lipinski definition) is 0. The SMILES string of the molecule is Clc1cc(Cl)c(SCSc2cc(Cl)c(Cl)cc2Cl)cc1Cl. The predicted octanol–water partition coefficient (Wildman–Crippen LogP) is 8.45. The lowest BCUT2D eigenvalue weighted by Crippen LogP contribution is -1.81. The first-order valence-electron chi connectivity index (χ1n) is 5.43. The molecule has 2 aromatic rings. The predicted molar refractivity (Wildman–Crippen MR) is 99.5 cm³/mol. The highest BCUT2D eigenvalue weighted by Crippen LogP contribution is 2.40. The van der Waals surface area contributed by atoms with E-state index in [1.165, 1.54) is 23.5 Å². The average Bonchev–Trinajstić information content (AvgIpc) is 2.41. The zero-order valence-corrected chi connectivity index (χ0v) is 16.3. The van der Waals surface area contributed by atoms with Gasteiger partial charge in [0.25, 0.3) is 0 Å². The van der Waals surface area contributed by atoms with E-state index in [0.29, 0.717) is 35.2 Å². The van der Waals surface area contributed by atoms with Crippen molar-refractivity contribution in [3.8, 4) is 0 Å². The summed E-state index contributed by atoms with van der Waals surface area (Å²) in [6.07, 6.45) is 0. The lowest BCUT2D eigenvalue weighted by molar-refractivity contribution is 1.45. The van der Waals surface area contributed by atoms with Crippen LogP contribution >= 0.6 is 93.1 Å². The number of benzene rings is 2. The minimum absolute atomic E-state index is 0.436. The highest BCUT2D eigenvalue weighted by Gasteiger charge is 2.09. The van der Waals surface area contributed by atoms with Gasteiger partial charge in [-0.1, -0.05) is 69.6 Å². The van der Waals surface area contributed by atoms with Crippen molar-refractivity contribution < 1.29 is 0 Å². The Morgan fingerprint density at radius 1 is 0.524 bits per heavy atom. The summed E-state index contributed by atoms with van der Waals surface area (Å²) in [6, 6.07) is 6.75. The highest BCUT2D eigenvalue weighted by molar-refractivity contribution is 8.16. The molecule has 0 unspecified atom stereocenters. The van der Waals surface area contributed by atoms with Crippen molar-refractivity contribution in [2.75, 3.05) is 5.08 Å². The molecule has 0 aliphatic carbocycles. The first kappa shape index (κ1) is 18.2. The summed E-state index contributed by atoms with van der Waals surface area (Å²) in [5.41, 5.74) is 0. The first-order valence-corrected chi connectivity index (χ1v) is 9.67. The molecule has 0 fully saturated rings. The Morgan fingerprint density at radius 2 is 0.857 bits per heavy atom. The van der Waals surface area contributed by atoms with Gasteiger partial charge in [0.2, 0.25) is 0 Å². The molecule has 0 amide bonds. The molecular weight excluding hydrogens is 433 g/mol. The molecule has 0 atom stereocenters. The summed E-state index contributed by atoms with van der Waals surface area (Å²) in [7, 11) is 0. The van der Waals surface area contributed by atoms with Crippen LogP contribution in [0.3, 0.4) is 0 Å². The van der Waals surface area contributed by atoms with Gasteiger partial charge in [-0.15, -0.1) is 23.5 Å². The van der Waals surface area contributed by atoms with Gasteiger partial charge in [-0.2, -0.15) is 0 Å². The summed E-state index contributed by atoms with van der Waals surface area (Å²) in [5, 5.41) is 3.64. The molecule has 2 aromatic carbocycles. The first-order chi connectivity index (χ1) is 9.88. The lowest BCUT2D eigenvalue weighted by Gasteiger charge is -2.08. The summed E-state index contributed by atoms with van der Waals surface area (Å²) in [6.45, 7) is 0. The quantitative estimate of drug-likeness (QED) is 0.266.